The normalized spacial score (nSPS) is 16.7. The van der Waals surface area contributed by atoms with E-state index in [1.807, 2.05) is 77.4 Å². The third kappa shape index (κ3) is 2.93. The maximum absolute atomic E-state index is 13.5. The van der Waals surface area contributed by atoms with Gasteiger partial charge in [-0.25, -0.2) is 0 Å². The van der Waals surface area contributed by atoms with Gasteiger partial charge in [-0.1, -0.05) is 78.9 Å². The van der Waals surface area contributed by atoms with Crippen molar-refractivity contribution in [3.8, 4) is 0 Å². The topological polar surface area (TPSA) is 45.5 Å². The van der Waals surface area contributed by atoms with Crippen LogP contribution >= 0.6 is 0 Å². The Morgan fingerprint density at radius 3 is 2.28 bits per heavy atom. The predicted octanol–water partition coefficient (Wildman–Crippen LogP) is 4.14. The number of benzene rings is 3. The van der Waals surface area contributed by atoms with Gasteiger partial charge in [-0.2, -0.15) is 0 Å². The van der Waals surface area contributed by atoms with Crippen molar-refractivity contribution in [2.45, 2.75) is 12.1 Å². The summed E-state index contributed by atoms with van der Waals surface area (Å²) in [6.07, 6.45) is 0. The lowest BCUT2D eigenvalue weighted by atomic mass is 10.0. The molecule has 0 saturated heterocycles. The Morgan fingerprint density at radius 2 is 1.55 bits per heavy atom. The maximum Gasteiger partial charge on any atom is 0.260 e. The van der Waals surface area contributed by atoms with Crippen LogP contribution in [-0.4, -0.2) is 22.8 Å². The van der Waals surface area contributed by atoms with Gasteiger partial charge in [0.2, 0.25) is 0 Å². The second-order valence-electron chi connectivity index (χ2n) is 7.45. The molecule has 29 heavy (non-hydrogen) atoms. The molecule has 0 spiro atoms. The summed E-state index contributed by atoms with van der Waals surface area (Å²) in [6.45, 7) is 0.613. The largest absolute Gasteiger partial charge is 0.394 e. The van der Waals surface area contributed by atoms with Crippen LogP contribution in [0.4, 0.5) is 5.82 Å². The van der Waals surface area contributed by atoms with Crippen LogP contribution < -0.4 is 10.5 Å². The summed E-state index contributed by atoms with van der Waals surface area (Å²) in [5.41, 5.74) is 2.15. The monoisotopic (exact) mass is 382 g/mol. The van der Waals surface area contributed by atoms with Crippen LogP contribution in [0.2, 0.25) is 0 Å². The van der Waals surface area contributed by atoms with Gasteiger partial charge in [0.05, 0.1) is 18.7 Å². The molecule has 5 rings (SSSR count). The van der Waals surface area contributed by atoms with Crippen molar-refractivity contribution in [1.29, 1.82) is 0 Å². The molecule has 2 heterocycles. The molecule has 2 atom stereocenters. The van der Waals surface area contributed by atoms with Gasteiger partial charge in [-0.05, 0) is 28.6 Å². The number of nitrogens with zero attached hydrogens (tertiary/aromatic N) is 2. The summed E-state index contributed by atoms with van der Waals surface area (Å²) in [5.74, 6) is 0.852. The zero-order chi connectivity index (χ0) is 19.8. The number of hydrogen-bond donors (Lipinski definition) is 1. The molecule has 1 N–H and O–H groups in total. The van der Waals surface area contributed by atoms with E-state index < -0.39 is 0 Å². The molecule has 0 aliphatic carbocycles. The molecule has 0 amide bonds. The van der Waals surface area contributed by atoms with E-state index >= 15 is 0 Å². The zero-order valence-electron chi connectivity index (χ0n) is 16.0. The molecular formula is C25H22N2O2. The van der Waals surface area contributed by atoms with Crippen LogP contribution in [0.1, 0.15) is 23.2 Å². The second kappa shape index (κ2) is 7.22. The number of pyridine rings is 1. The Hall–Kier alpha value is -3.37. The first-order valence-electron chi connectivity index (χ1n) is 9.89. The van der Waals surface area contributed by atoms with E-state index in [1.165, 1.54) is 0 Å². The number of aliphatic hydroxyl groups is 1. The van der Waals surface area contributed by atoms with Crippen molar-refractivity contribution in [2.24, 2.45) is 0 Å². The molecular weight excluding hydrogens is 360 g/mol. The molecule has 144 valence electrons. The van der Waals surface area contributed by atoms with Gasteiger partial charge in [-0.3, -0.25) is 9.36 Å². The fraction of sp³-hybridized carbons (Fsp3) is 0.160. The molecule has 0 unspecified atom stereocenters. The van der Waals surface area contributed by atoms with E-state index in [4.69, 9.17) is 0 Å². The second-order valence-corrected chi connectivity index (χ2v) is 7.45. The van der Waals surface area contributed by atoms with E-state index in [0.717, 1.165) is 27.7 Å². The van der Waals surface area contributed by atoms with Gasteiger partial charge in [0.1, 0.15) is 5.82 Å². The fourth-order valence-corrected chi connectivity index (χ4v) is 4.42. The lowest BCUT2D eigenvalue weighted by Crippen LogP contribution is -2.30. The highest BCUT2D eigenvalue weighted by atomic mass is 16.3. The third-order valence-corrected chi connectivity index (χ3v) is 5.83. The first-order chi connectivity index (χ1) is 14.3. The number of anilines is 1. The number of aromatic nitrogens is 1. The predicted molar refractivity (Wildman–Crippen MR) is 116 cm³/mol. The molecule has 0 saturated carbocycles. The van der Waals surface area contributed by atoms with E-state index in [2.05, 4.69) is 23.1 Å². The van der Waals surface area contributed by atoms with E-state index in [-0.39, 0.29) is 24.2 Å². The van der Waals surface area contributed by atoms with Crippen LogP contribution in [0.15, 0.2) is 95.8 Å². The molecule has 1 aliphatic heterocycles. The Bertz CT molecular complexity index is 1200. The van der Waals surface area contributed by atoms with Gasteiger partial charge in [0.25, 0.3) is 5.56 Å². The minimum atomic E-state index is -0.211. The number of hydrogen-bond acceptors (Lipinski definition) is 3. The Morgan fingerprint density at radius 1 is 0.897 bits per heavy atom. The zero-order valence-corrected chi connectivity index (χ0v) is 16.0. The summed E-state index contributed by atoms with van der Waals surface area (Å²) >= 11 is 0. The van der Waals surface area contributed by atoms with Crippen LogP contribution in [0.5, 0.6) is 0 Å². The van der Waals surface area contributed by atoms with Crippen LogP contribution in [-0.2, 0) is 0 Å². The summed E-state index contributed by atoms with van der Waals surface area (Å²) in [6, 6.07) is 29.6. The first-order valence-corrected chi connectivity index (χ1v) is 9.89. The molecule has 0 fully saturated rings. The maximum atomic E-state index is 13.5. The minimum absolute atomic E-state index is 0.0132. The highest BCUT2D eigenvalue weighted by Crippen LogP contribution is 2.38. The molecule has 1 aliphatic rings. The molecule has 4 nitrogen and oxygen atoms in total. The molecule has 4 heteroatoms. The Balaban J connectivity index is 1.73. The lowest BCUT2D eigenvalue weighted by Gasteiger charge is -2.28. The highest BCUT2D eigenvalue weighted by Gasteiger charge is 2.35. The van der Waals surface area contributed by atoms with Gasteiger partial charge >= 0.3 is 0 Å². The van der Waals surface area contributed by atoms with Crippen molar-refractivity contribution in [1.82, 2.24) is 4.57 Å². The van der Waals surface area contributed by atoms with Crippen molar-refractivity contribution in [3.63, 3.8) is 0 Å². The summed E-state index contributed by atoms with van der Waals surface area (Å²) in [4.78, 5) is 15.6. The number of aliphatic hydroxyl groups excluding tert-OH is 1. The number of rotatable bonds is 4. The average molecular weight is 382 g/mol. The molecule has 4 aromatic rings. The minimum Gasteiger partial charge on any atom is -0.394 e. The molecule has 0 radical (unpaired) electrons. The summed E-state index contributed by atoms with van der Waals surface area (Å²) in [7, 11) is 0. The number of fused-ring (bicyclic) bond motifs is 2. The SMILES string of the molecule is O=c1c2ccccc2cc2n1[C@H](c1ccccc1)CN2[C@@H](CO)c1ccccc1. The van der Waals surface area contributed by atoms with Gasteiger partial charge in [0.15, 0.2) is 0 Å². The Labute approximate surface area is 169 Å². The Kier molecular flexibility index (Phi) is 4.41. The van der Waals surface area contributed by atoms with Gasteiger partial charge in [0, 0.05) is 11.9 Å². The third-order valence-electron chi connectivity index (χ3n) is 5.83. The van der Waals surface area contributed by atoms with Crippen LogP contribution in [0.3, 0.4) is 0 Å². The summed E-state index contributed by atoms with van der Waals surface area (Å²) < 4.78 is 1.89. The van der Waals surface area contributed by atoms with Crippen molar-refractivity contribution >= 4 is 16.6 Å². The van der Waals surface area contributed by atoms with Crippen molar-refractivity contribution < 1.29 is 5.11 Å². The smallest absolute Gasteiger partial charge is 0.260 e. The standard InChI is InChI=1S/C25H22N2O2/c28-17-23(19-11-5-2-6-12-19)26-16-22(18-9-3-1-4-10-18)27-24(26)15-20-13-7-8-14-21(20)25(27)29/h1-15,22-23,28H,16-17H2/t22-,23-/m0/s1. The highest BCUT2D eigenvalue weighted by molar-refractivity contribution is 5.84. The molecule has 0 bridgehead atoms. The first kappa shape index (κ1) is 17.7. The quantitative estimate of drug-likeness (QED) is 0.577. The van der Waals surface area contributed by atoms with E-state index in [1.54, 1.807) is 0 Å². The molecule has 1 aromatic heterocycles. The van der Waals surface area contributed by atoms with Crippen LogP contribution in [0, 0.1) is 0 Å². The fourth-order valence-electron chi connectivity index (χ4n) is 4.42. The van der Waals surface area contributed by atoms with E-state index in [0.29, 0.717) is 6.54 Å². The van der Waals surface area contributed by atoms with Crippen LogP contribution in [0.25, 0.3) is 10.8 Å². The van der Waals surface area contributed by atoms with E-state index in [9.17, 15) is 9.90 Å². The van der Waals surface area contributed by atoms with Gasteiger partial charge < -0.3 is 10.0 Å². The van der Waals surface area contributed by atoms with Crippen molar-refractivity contribution in [2.75, 3.05) is 18.1 Å². The average Bonchev–Trinajstić information content (AvgIpc) is 3.15. The van der Waals surface area contributed by atoms with Gasteiger partial charge in [-0.15, -0.1) is 0 Å². The summed E-state index contributed by atoms with van der Waals surface area (Å²) in [5, 5.41) is 11.9. The molecule has 3 aromatic carbocycles. The lowest BCUT2D eigenvalue weighted by molar-refractivity contribution is 0.261. The van der Waals surface area contributed by atoms with Crippen molar-refractivity contribution in [3.05, 3.63) is 112 Å².